The zero-order valence-electron chi connectivity index (χ0n) is 9.88. The molecule has 2 nitrogen and oxygen atoms in total. The van der Waals surface area contributed by atoms with E-state index in [1.807, 2.05) is 0 Å². The Morgan fingerprint density at radius 2 is 1.75 bits per heavy atom. The molecule has 0 saturated heterocycles. The summed E-state index contributed by atoms with van der Waals surface area (Å²) in [5, 5.41) is 3.38. The van der Waals surface area contributed by atoms with Gasteiger partial charge in [0, 0.05) is 11.3 Å². The molecule has 0 amide bonds. The fourth-order valence-corrected chi connectivity index (χ4v) is 2.02. The SMILES string of the molecule is NC(=S)c1ccc(Nc2ccc(Cl)c(Cl)c2)c(F)c1F. The van der Waals surface area contributed by atoms with Gasteiger partial charge in [-0.1, -0.05) is 35.4 Å². The van der Waals surface area contributed by atoms with Crippen molar-refractivity contribution < 1.29 is 8.78 Å². The first-order valence-corrected chi connectivity index (χ1v) is 6.56. The minimum absolute atomic E-state index is 0.0547. The van der Waals surface area contributed by atoms with E-state index in [-0.39, 0.29) is 16.2 Å². The van der Waals surface area contributed by atoms with Crippen LogP contribution in [0.2, 0.25) is 10.0 Å². The van der Waals surface area contributed by atoms with Crippen molar-refractivity contribution >= 4 is 51.8 Å². The molecule has 7 heteroatoms. The first kappa shape index (κ1) is 15.0. The molecule has 0 saturated carbocycles. The Labute approximate surface area is 129 Å². The summed E-state index contributed by atoms with van der Waals surface area (Å²) in [4.78, 5) is -0.206. The Morgan fingerprint density at radius 3 is 2.35 bits per heavy atom. The van der Waals surface area contributed by atoms with Crippen LogP contribution in [0, 0.1) is 11.6 Å². The molecule has 0 aliphatic heterocycles. The van der Waals surface area contributed by atoms with E-state index in [2.05, 4.69) is 17.5 Å². The van der Waals surface area contributed by atoms with Gasteiger partial charge in [-0.05, 0) is 30.3 Å². The van der Waals surface area contributed by atoms with Gasteiger partial charge in [-0.2, -0.15) is 0 Å². The fraction of sp³-hybridized carbons (Fsp3) is 0. The second-order valence-electron chi connectivity index (χ2n) is 3.91. The molecule has 2 aromatic carbocycles. The highest BCUT2D eigenvalue weighted by atomic mass is 35.5. The number of rotatable bonds is 3. The summed E-state index contributed by atoms with van der Waals surface area (Å²) in [5.74, 6) is -2.16. The quantitative estimate of drug-likeness (QED) is 0.803. The molecule has 0 spiro atoms. The van der Waals surface area contributed by atoms with Gasteiger partial charge in [-0.15, -0.1) is 0 Å². The monoisotopic (exact) mass is 332 g/mol. The first-order valence-electron chi connectivity index (χ1n) is 5.40. The molecule has 0 fully saturated rings. The predicted octanol–water partition coefficient (Wildman–Crippen LogP) is 4.65. The lowest BCUT2D eigenvalue weighted by Gasteiger charge is -2.10. The number of anilines is 2. The van der Waals surface area contributed by atoms with Gasteiger partial charge in [0.2, 0.25) is 0 Å². The van der Waals surface area contributed by atoms with E-state index in [4.69, 9.17) is 28.9 Å². The third-order valence-electron chi connectivity index (χ3n) is 2.55. The molecule has 0 heterocycles. The molecule has 0 radical (unpaired) electrons. The number of hydrogen-bond acceptors (Lipinski definition) is 2. The van der Waals surface area contributed by atoms with Crippen LogP contribution in [0.3, 0.4) is 0 Å². The van der Waals surface area contributed by atoms with Gasteiger partial charge in [-0.25, -0.2) is 8.78 Å². The standard InChI is InChI=1S/C13H8Cl2F2N2S/c14-8-3-1-6(5-9(8)15)19-10-4-2-7(13(18)20)11(16)12(10)17/h1-5,19H,(H2,18,20). The van der Waals surface area contributed by atoms with Gasteiger partial charge < -0.3 is 11.1 Å². The number of nitrogens with two attached hydrogens (primary N) is 1. The van der Waals surface area contributed by atoms with Crippen molar-refractivity contribution in [3.05, 3.63) is 57.6 Å². The summed E-state index contributed by atoms with van der Waals surface area (Å²) in [6, 6.07) is 7.29. The average molecular weight is 333 g/mol. The molecule has 3 N–H and O–H groups in total. The van der Waals surface area contributed by atoms with E-state index in [1.54, 1.807) is 12.1 Å². The number of hydrogen-bond donors (Lipinski definition) is 2. The minimum Gasteiger partial charge on any atom is -0.389 e. The van der Waals surface area contributed by atoms with Crippen LogP contribution >= 0.6 is 35.4 Å². The second-order valence-corrected chi connectivity index (χ2v) is 5.16. The van der Waals surface area contributed by atoms with Crippen LogP contribution in [0.25, 0.3) is 0 Å². The Balaban J connectivity index is 2.37. The third kappa shape index (κ3) is 3.00. The largest absolute Gasteiger partial charge is 0.389 e. The van der Waals surface area contributed by atoms with Crippen molar-refractivity contribution in [1.82, 2.24) is 0 Å². The summed E-state index contributed by atoms with van der Waals surface area (Å²) in [6.45, 7) is 0. The zero-order valence-corrected chi connectivity index (χ0v) is 12.2. The van der Waals surface area contributed by atoms with E-state index in [0.29, 0.717) is 15.7 Å². The number of halogens is 4. The van der Waals surface area contributed by atoms with Gasteiger partial charge in [-0.3, -0.25) is 0 Å². The van der Waals surface area contributed by atoms with Gasteiger partial charge in [0.25, 0.3) is 0 Å². The van der Waals surface area contributed by atoms with Crippen molar-refractivity contribution in [2.24, 2.45) is 5.73 Å². The molecular formula is C13H8Cl2F2N2S. The van der Waals surface area contributed by atoms with E-state index >= 15 is 0 Å². The maximum atomic E-state index is 13.9. The van der Waals surface area contributed by atoms with E-state index in [1.165, 1.54) is 18.2 Å². The Kier molecular flexibility index (Phi) is 4.42. The molecule has 0 atom stereocenters. The van der Waals surface area contributed by atoms with Gasteiger partial charge in [0.1, 0.15) is 4.99 Å². The Hall–Kier alpha value is -1.43. The summed E-state index contributed by atoms with van der Waals surface area (Å²) < 4.78 is 27.6. The Bertz CT molecular complexity index is 692. The van der Waals surface area contributed by atoms with Crippen LogP contribution in [0.1, 0.15) is 5.56 Å². The van der Waals surface area contributed by atoms with Crippen molar-refractivity contribution in [1.29, 1.82) is 0 Å². The van der Waals surface area contributed by atoms with Gasteiger partial charge in [0.15, 0.2) is 11.6 Å². The minimum atomic E-state index is -1.09. The lowest BCUT2D eigenvalue weighted by Crippen LogP contribution is -2.13. The molecule has 104 valence electrons. The van der Waals surface area contributed by atoms with Crippen molar-refractivity contribution in [3.8, 4) is 0 Å². The maximum absolute atomic E-state index is 13.9. The second kappa shape index (κ2) is 5.91. The number of thiocarbonyl (C=S) groups is 1. The van der Waals surface area contributed by atoms with E-state index in [0.717, 1.165) is 0 Å². The molecule has 0 aromatic heterocycles. The predicted molar refractivity (Wildman–Crippen MR) is 82.0 cm³/mol. The summed E-state index contributed by atoms with van der Waals surface area (Å²) >= 11 is 16.3. The van der Waals surface area contributed by atoms with E-state index in [9.17, 15) is 8.78 Å². The topological polar surface area (TPSA) is 38.0 Å². The van der Waals surface area contributed by atoms with Crippen LogP contribution in [0.5, 0.6) is 0 Å². The third-order valence-corrected chi connectivity index (χ3v) is 3.51. The van der Waals surface area contributed by atoms with Crippen LogP contribution in [-0.4, -0.2) is 4.99 Å². The Morgan fingerprint density at radius 1 is 1.05 bits per heavy atom. The average Bonchev–Trinajstić information content (AvgIpc) is 2.39. The molecule has 0 unspecified atom stereocenters. The van der Waals surface area contributed by atoms with Crippen LogP contribution in [0.15, 0.2) is 30.3 Å². The molecular weight excluding hydrogens is 325 g/mol. The van der Waals surface area contributed by atoms with Gasteiger partial charge in [0.05, 0.1) is 15.7 Å². The maximum Gasteiger partial charge on any atom is 0.182 e. The van der Waals surface area contributed by atoms with Crippen LogP contribution < -0.4 is 11.1 Å². The highest BCUT2D eigenvalue weighted by Crippen LogP contribution is 2.29. The summed E-state index contributed by atoms with van der Waals surface area (Å²) in [6.07, 6.45) is 0. The lowest BCUT2D eigenvalue weighted by molar-refractivity contribution is 0.510. The highest BCUT2D eigenvalue weighted by molar-refractivity contribution is 7.80. The molecule has 2 rings (SSSR count). The number of benzene rings is 2. The van der Waals surface area contributed by atoms with Crippen molar-refractivity contribution in [2.75, 3.05) is 5.32 Å². The lowest BCUT2D eigenvalue weighted by atomic mass is 10.1. The van der Waals surface area contributed by atoms with E-state index < -0.39 is 11.6 Å². The summed E-state index contributed by atoms with van der Waals surface area (Å²) in [7, 11) is 0. The molecule has 0 aliphatic carbocycles. The molecule has 2 aromatic rings. The normalized spacial score (nSPS) is 10.4. The number of nitrogens with one attached hydrogen (secondary N) is 1. The summed E-state index contributed by atoms with van der Waals surface area (Å²) in [5.41, 5.74) is 5.57. The van der Waals surface area contributed by atoms with Gasteiger partial charge >= 0.3 is 0 Å². The highest BCUT2D eigenvalue weighted by Gasteiger charge is 2.15. The zero-order chi connectivity index (χ0) is 14.9. The first-order chi connectivity index (χ1) is 9.40. The van der Waals surface area contributed by atoms with Crippen LogP contribution in [0.4, 0.5) is 20.2 Å². The molecule has 20 heavy (non-hydrogen) atoms. The van der Waals surface area contributed by atoms with Crippen molar-refractivity contribution in [2.45, 2.75) is 0 Å². The fourth-order valence-electron chi connectivity index (χ4n) is 1.57. The smallest absolute Gasteiger partial charge is 0.182 e. The van der Waals surface area contributed by atoms with Crippen LogP contribution in [-0.2, 0) is 0 Å². The molecule has 0 bridgehead atoms. The van der Waals surface area contributed by atoms with Crippen molar-refractivity contribution in [3.63, 3.8) is 0 Å². The molecule has 0 aliphatic rings.